The van der Waals surface area contributed by atoms with Crippen LogP contribution >= 0.6 is 0 Å². The Labute approximate surface area is 141 Å². The maximum Gasteiger partial charge on any atom is 0.264 e. The van der Waals surface area contributed by atoms with Crippen molar-refractivity contribution in [2.75, 3.05) is 25.2 Å². The second kappa shape index (κ2) is 7.05. The van der Waals surface area contributed by atoms with Crippen molar-refractivity contribution in [1.82, 2.24) is 0 Å². The molecule has 5 heteroatoms. The molecule has 0 bridgehead atoms. The Kier molecular flexibility index (Phi) is 4.66. The summed E-state index contributed by atoms with van der Waals surface area (Å²) in [5.41, 5.74) is 2.54. The van der Waals surface area contributed by atoms with Gasteiger partial charge in [0.05, 0.1) is 18.7 Å². The molecule has 24 heavy (non-hydrogen) atoms. The van der Waals surface area contributed by atoms with Crippen molar-refractivity contribution in [2.45, 2.75) is 12.8 Å². The Morgan fingerprint density at radius 1 is 1.25 bits per heavy atom. The normalized spacial score (nSPS) is 12.9. The molecule has 2 aromatic carbocycles. The van der Waals surface area contributed by atoms with Crippen LogP contribution in [0.25, 0.3) is 0 Å². The molecule has 5 nitrogen and oxygen atoms in total. The Balaban J connectivity index is 1.71. The Hall–Kier alpha value is -3.00. The van der Waals surface area contributed by atoms with E-state index in [1.54, 1.807) is 36.3 Å². The van der Waals surface area contributed by atoms with Gasteiger partial charge >= 0.3 is 0 Å². The van der Waals surface area contributed by atoms with Crippen molar-refractivity contribution in [3.63, 3.8) is 0 Å². The van der Waals surface area contributed by atoms with Crippen LogP contribution in [0, 0.1) is 11.3 Å². The molecule has 0 aliphatic carbocycles. The van der Waals surface area contributed by atoms with Gasteiger partial charge in [-0.05, 0) is 54.8 Å². The Morgan fingerprint density at radius 3 is 2.92 bits per heavy atom. The molecule has 0 spiro atoms. The van der Waals surface area contributed by atoms with Gasteiger partial charge in [0, 0.05) is 12.2 Å². The average Bonchev–Trinajstić information content (AvgIpc) is 2.65. The average molecular weight is 322 g/mol. The molecule has 0 fully saturated rings. The first kappa shape index (κ1) is 15.9. The molecule has 0 unspecified atom stereocenters. The summed E-state index contributed by atoms with van der Waals surface area (Å²) in [5.74, 6) is 1.23. The largest absolute Gasteiger partial charge is 0.497 e. The van der Waals surface area contributed by atoms with E-state index in [0.717, 1.165) is 29.8 Å². The molecule has 1 aliphatic rings. The van der Waals surface area contributed by atoms with Crippen molar-refractivity contribution in [3.05, 3.63) is 53.6 Å². The minimum atomic E-state index is -0.0940. The first-order valence-corrected chi connectivity index (χ1v) is 7.81. The molecular formula is C19H18N2O3. The van der Waals surface area contributed by atoms with Crippen LogP contribution in [-0.4, -0.2) is 26.2 Å². The third-order valence-electron chi connectivity index (χ3n) is 4.03. The highest BCUT2D eigenvalue weighted by molar-refractivity contribution is 5.95. The van der Waals surface area contributed by atoms with Crippen LogP contribution in [0.2, 0.25) is 0 Å². The molecule has 0 saturated heterocycles. The van der Waals surface area contributed by atoms with E-state index >= 15 is 0 Å². The summed E-state index contributed by atoms with van der Waals surface area (Å²) in [6, 6.07) is 14.6. The second-order valence-corrected chi connectivity index (χ2v) is 5.57. The number of benzene rings is 2. The molecule has 0 saturated carbocycles. The number of anilines is 1. The van der Waals surface area contributed by atoms with Gasteiger partial charge in [0.1, 0.15) is 11.5 Å². The zero-order valence-electron chi connectivity index (χ0n) is 13.5. The number of carbonyl (C=O) groups excluding carboxylic acids is 1. The Bertz CT molecular complexity index is 795. The van der Waals surface area contributed by atoms with E-state index < -0.39 is 0 Å². The van der Waals surface area contributed by atoms with Crippen LogP contribution in [0.5, 0.6) is 11.5 Å². The van der Waals surface area contributed by atoms with Crippen LogP contribution < -0.4 is 14.4 Å². The highest BCUT2D eigenvalue weighted by atomic mass is 16.5. The lowest BCUT2D eigenvalue weighted by Crippen LogP contribution is -2.38. The minimum absolute atomic E-state index is 0.0552. The second-order valence-electron chi connectivity index (χ2n) is 5.57. The molecule has 1 heterocycles. The van der Waals surface area contributed by atoms with Gasteiger partial charge in [-0.2, -0.15) is 5.26 Å². The number of hydrogen-bond acceptors (Lipinski definition) is 4. The lowest BCUT2D eigenvalue weighted by atomic mass is 10.0. The number of carbonyl (C=O) groups is 1. The van der Waals surface area contributed by atoms with E-state index in [2.05, 4.69) is 6.07 Å². The third kappa shape index (κ3) is 3.33. The van der Waals surface area contributed by atoms with Crippen molar-refractivity contribution in [2.24, 2.45) is 0 Å². The van der Waals surface area contributed by atoms with Gasteiger partial charge in [-0.25, -0.2) is 0 Å². The predicted molar refractivity (Wildman–Crippen MR) is 90.3 cm³/mol. The van der Waals surface area contributed by atoms with Gasteiger partial charge in [0.2, 0.25) is 0 Å². The Morgan fingerprint density at radius 2 is 2.12 bits per heavy atom. The predicted octanol–water partition coefficient (Wildman–Crippen LogP) is 2.93. The van der Waals surface area contributed by atoms with Crippen molar-refractivity contribution in [1.29, 1.82) is 5.26 Å². The summed E-state index contributed by atoms with van der Waals surface area (Å²) < 4.78 is 10.8. The van der Waals surface area contributed by atoms with Gasteiger partial charge in [0.25, 0.3) is 5.91 Å². The van der Waals surface area contributed by atoms with E-state index in [0.29, 0.717) is 17.9 Å². The highest BCUT2D eigenvalue weighted by Crippen LogP contribution is 2.30. The summed E-state index contributed by atoms with van der Waals surface area (Å²) in [4.78, 5) is 14.3. The molecule has 0 aromatic heterocycles. The maximum atomic E-state index is 12.5. The van der Waals surface area contributed by atoms with Gasteiger partial charge in [-0.3, -0.25) is 4.79 Å². The van der Waals surface area contributed by atoms with Gasteiger partial charge in [-0.15, -0.1) is 0 Å². The van der Waals surface area contributed by atoms with E-state index in [1.165, 1.54) is 0 Å². The zero-order valence-corrected chi connectivity index (χ0v) is 13.5. The van der Waals surface area contributed by atoms with Gasteiger partial charge < -0.3 is 14.4 Å². The number of nitrogens with zero attached hydrogens (tertiary/aromatic N) is 2. The number of ether oxygens (including phenoxy) is 2. The molecular weight excluding hydrogens is 304 g/mol. The third-order valence-corrected chi connectivity index (χ3v) is 4.03. The SMILES string of the molecule is COc1ccc2c(c1)CCCN2C(=O)COc1cccc(C#N)c1. The summed E-state index contributed by atoms with van der Waals surface area (Å²) in [6.07, 6.45) is 1.84. The minimum Gasteiger partial charge on any atom is -0.497 e. The van der Waals surface area contributed by atoms with E-state index in [4.69, 9.17) is 14.7 Å². The molecule has 0 N–H and O–H groups in total. The molecule has 2 aromatic rings. The summed E-state index contributed by atoms with van der Waals surface area (Å²) in [5, 5.41) is 8.90. The number of nitriles is 1. The monoisotopic (exact) mass is 322 g/mol. The number of rotatable bonds is 4. The van der Waals surface area contributed by atoms with Crippen LogP contribution in [0.3, 0.4) is 0 Å². The quantitative estimate of drug-likeness (QED) is 0.868. The molecule has 1 amide bonds. The summed E-state index contributed by atoms with van der Waals surface area (Å²) in [7, 11) is 1.64. The summed E-state index contributed by atoms with van der Waals surface area (Å²) in [6.45, 7) is 0.625. The van der Waals surface area contributed by atoms with Gasteiger partial charge in [-0.1, -0.05) is 6.07 Å². The van der Waals surface area contributed by atoms with Gasteiger partial charge in [0.15, 0.2) is 6.61 Å². The lowest BCUT2D eigenvalue weighted by Gasteiger charge is -2.29. The molecule has 0 atom stereocenters. The lowest BCUT2D eigenvalue weighted by molar-refractivity contribution is -0.120. The fourth-order valence-corrected chi connectivity index (χ4v) is 2.84. The molecule has 1 aliphatic heterocycles. The summed E-state index contributed by atoms with van der Waals surface area (Å²) >= 11 is 0. The fourth-order valence-electron chi connectivity index (χ4n) is 2.84. The topological polar surface area (TPSA) is 62.6 Å². The van der Waals surface area contributed by atoms with Crippen LogP contribution in [0.15, 0.2) is 42.5 Å². The van der Waals surface area contributed by atoms with E-state index in [-0.39, 0.29) is 12.5 Å². The van der Waals surface area contributed by atoms with Crippen LogP contribution in [0.4, 0.5) is 5.69 Å². The molecule has 122 valence electrons. The molecule has 3 rings (SSSR count). The number of fused-ring (bicyclic) bond motifs is 1. The first-order valence-electron chi connectivity index (χ1n) is 7.81. The van der Waals surface area contributed by atoms with Crippen LogP contribution in [0.1, 0.15) is 17.5 Å². The standard InChI is InChI=1S/C19H18N2O3/c1-23-16-7-8-18-15(11-16)5-3-9-21(18)19(22)13-24-17-6-2-4-14(10-17)12-20/h2,4,6-8,10-11H,3,5,9,13H2,1H3. The maximum absolute atomic E-state index is 12.5. The fraction of sp³-hybridized carbons (Fsp3) is 0.263. The van der Waals surface area contributed by atoms with E-state index in [1.807, 2.05) is 18.2 Å². The smallest absolute Gasteiger partial charge is 0.264 e. The first-order chi connectivity index (χ1) is 11.7. The number of hydrogen-bond donors (Lipinski definition) is 0. The van der Waals surface area contributed by atoms with E-state index in [9.17, 15) is 4.79 Å². The van der Waals surface area contributed by atoms with Crippen LogP contribution in [-0.2, 0) is 11.2 Å². The number of aryl methyl sites for hydroxylation is 1. The highest BCUT2D eigenvalue weighted by Gasteiger charge is 2.23. The zero-order chi connectivity index (χ0) is 16.9. The van der Waals surface area contributed by atoms with Crippen molar-refractivity contribution < 1.29 is 14.3 Å². The number of amides is 1. The van der Waals surface area contributed by atoms with Crippen molar-refractivity contribution in [3.8, 4) is 17.6 Å². The number of methoxy groups -OCH3 is 1. The van der Waals surface area contributed by atoms with Crippen molar-refractivity contribution >= 4 is 11.6 Å². The molecule has 0 radical (unpaired) electrons.